The van der Waals surface area contributed by atoms with Crippen molar-refractivity contribution in [3.63, 3.8) is 0 Å². The zero-order valence-electron chi connectivity index (χ0n) is 13.8. The fourth-order valence-electron chi connectivity index (χ4n) is 2.79. The summed E-state index contributed by atoms with van der Waals surface area (Å²) in [6, 6.07) is 0.346. The van der Waals surface area contributed by atoms with Crippen LogP contribution in [0.25, 0.3) is 0 Å². The maximum Gasteiger partial charge on any atom is 0.214 e. The fraction of sp³-hybridized carbons (Fsp3) is 1.00. The Morgan fingerprint density at radius 1 is 1.30 bits per heavy atom. The van der Waals surface area contributed by atoms with E-state index in [9.17, 15) is 8.42 Å². The van der Waals surface area contributed by atoms with Gasteiger partial charge in [-0.05, 0) is 38.1 Å². The lowest BCUT2D eigenvalue weighted by Gasteiger charge is -2.39. The van der Waals surface area contributed by atoms with Gasteiger partial charge in [0.15, 0.2) is 0 Å². The van der Waals surface area contributed by atoms with Crippen molar-refractivity contribution in [2.24, 2.45) is 5.41 Å². The summed E-state index contributed by atoms with van der Waals surface area (Å²) in [7, 11) is -3.14. The Kier molecular flexibility index (Phi) is 6.48. The summed E-state index contributed by atoms with van der Waals surface area (Å²) in [4.78, 5) is 0. The number of sulfonamides is 1. The minimum atomic E-state index is -3.14. The zero-order valence-corrected chi connectivity index (χ0v) is 14.6. The smallest absolute Gasteiger partial charge is 0.214 e. The first-order valence-corrected chi connectivity index (χ1v) is 9.51. The third-order valence-electron chi connectivity index (χ3n) is 4.07. The lowest BCUT2D eigenvalue weighted by Crippen LogP contribution is -2.53. The summed E-state index contributed by atoms with van der Waals surface area (Å²) < 4.78 is 27.1. The molecule has 0 spiro atoms. The van der Waals surface area contributed by atoms with E-state index in [1.165, 1.54) is 0 Å². The predicted octanol–water partition coefficient (Wildman–Crippen LogP) is 2.60. The van der Waals surface area contributed by atoms with Crippen LogP contribution in [-0.4, -0.2) is 43.6 Å². The van der Waals surface area contributed by atoms with Crippen molar-refractivity contribution < 1.29 is 8.42 Å². The van der Waals surface area contributed by atoms with Crippen LogP contribution in [0.4, 0.5) is 0 Å². The molecule has 1 heterocycles. The highest BCUT2D eigenvalue weighted by molar-refractivity contribution is 7.89. The Labute approximate surface area is 125 Å². The molecule has 0 amide bonds. The molecule has 0 aromatic rings. The van der Waals surface area contributed by atoms with Gasteiger partial charge in [-0.1, -0.05) is 34.1 Å². The van der Waals surface area contributed by atoms with Gasteiger partial charge < -0.3 is 5.32 Å². The molecule has 1 N–H and O–H groups in total. The van der Waals surface area contributed by atoms with E-state index in [1.807, 2.05) is 0 Å². The van der Waals surface area contributed by atoms with Crippen molar-refractivity contribution in [1.29, 1.82) is 0 Å². The first-order valence-electron chi connectivity index (χ1n) is 7.90. The van der Waals surface area contributed by atoms with Crippen molar-refractivity contribution in [1.82, 2.24) is 9.62 Å². The molecule has 5 heteroatoms. The van der Waals surface area contributed by atoms with Gasteiger partial charge in [-0.2, -0.15) is 4.31 Å². The van der Waals surface area contributed by atoms with Crippen LogP contribution < -0.4 is 5.32 Å². The van der Waals surface area contributed by atoms with Crippen LogP contribution in [0, 0.1) is 5.41 Å². The van der Waals surface area contributed by atoms with E-state index in [4.69, 9.17) is 0 Å². The highest BCUT2D eigenvalue weighted by atomic mass is 32.2. The fourth-order valence-corrected chi connectivity index (χ4v) is 5.00. The van der Waals surface area contributed by atoms with Crippen molar-refractivity contribution in [3.8, 4) is 0 Å². The molecular weight excluding hydrogens is 272 g/mol. The number of nitrogens with zero attached hydrogens (tertiary/aromatic N) is 1. The number of rotatable bonds is 6. The average Bonchev–Trinajstić information content (AvgIpc) is 2.36. The lowest BCUT2D eigenvalue weighted by molar-refractivity contribution is 0.209. The topological polar surface area (TPSA) is 49.4 Å². The first kappa shape index (κ1) is 17.9. The minimum Gasteiger partial charge on any atom is -0.313 e. The predicted molar refractivity (Wildman–Crippen MR) is 85.3 cm³/mol. The summed E-state index contributed by atoms with van der Waals surface area (Å²) in [5, 5.41) is 3.38. The van der Waals surface area contributed by atoms with Gasteiger partial charge in [0.05, 0.1) is 5.75 Å². The monoisotopic (exact) mass is 304 g/mol. The summed E-state index contributed by atoms with van der Waals surface area (Å²) in [5.41, 5.74) is 0.0611. The third kappa shape index (κ3) is 5.34. The van der Waals surface area contributed by atoms with E-state index in [1.54, 1.807) is 4.31 Å². The normalized spacial score (nSPS) is 23.8. The molecule has 20 heavy (non-hydrogen) atoms. The molecule has 0 aliphatic carbocycles. The quantitative estimate of drug-likeness (QED) is 0.820. The van der Waals surface area contributed by atoms with Gasteiger partial charge in [-0.15, -0.1) is 0 Å². The second-order valence-electron chi connectivity index (χ2n) is 7.15. The molecule has 120 valence electrons. The summed E-state index contributed by atoms with van der Waals surface area (Å²) in [6.45, 7) is 12.0. The van der Waals surface area contributed by atoms with E-state index in [0.29, 0.717) is 13.0 Å². The van der Waals surface area contributed by atoms with Crippen LogP contribution >= 0.6 is 0 Å². The molecule has 1 aliphatic rings. The Balaban J connectivity index is 2.78. The Morgan fingerprint density at radius 2 is 1.95 bits per heavy atom. The molecule has 0 aromatic heterocycles. The molecule has 0 bridgehead atoms. The molecule has 1 aliphatic heterocycles. The van der Waals surface area contributed by atoms with Crippen molar-refractivity contribution in [3.05, 3.63) is 0 Å². The standard InChI is InChI=1S/C15H32N2O2S/c1-6-16-13(2)14-9-7-8-11-17(14)20(18,19)12-10-15(3,4)5/h13-14,16H,6-12H2,1-5H3. The second-order valence-corrected chi connectivity index (χ2v) is 9.19. The van der Waals surface area contributed by atoms with E-state index < -0.39 is 10.0 Å². The molecular formula is C15H32N2O2S. The van der Waals surface area contributed by atoms with Crippen molar-refractivity contribution in [2.45, 2.75) is 72.4 Å². The summed E-state index contributed by atoms with van der Waals surface area (Å²) >= 11 is 0. The Bertz CT molecular complexity index is 387. The number of nitrogens with one attached hydrogen (secondary N) is 1. The van der Waals surface area contributed by atoms with Crippen LogP contribution in [-0.2, 0) is 10.0 Å². The average molecular weight is 305 g/mol. The molecule has 2 unspecified atom stereocenters. The van der Waals surface area contributed by atoms with Gasteiger partial charge in [-0.25, -0.2) is 8.42 Å². The second kappa shape index (κ2) is 7.23. The largest absolute Gasteiger partial charge is 0.313 e. The molecule has 4 nitrogen and oxygen atoms in total. The van der Waals surface area contributed by atoms with Crippen LogP contribution in [0.2, 0.25) is 0 Å². The van der Waals surface area contributed by atoms with Gasteiger partial charge in [0.2, 0.25) is 10.0 Å². The van der Waals surface area contributed by atoms with Gasteiger partial charge in [0.1, 0.15) is 0 Å². The van der Waals surface area contributed by atoms with Gasteiger partial charge in [0, 0.05) is 18.6 Å². The van der Waals surface area contributed by atoms with Gasteiger partial charge in [0.25, 0.3) is 0 Å². The highest BCUT2D eigenvalue weighted by Crippen LogP contribution is 2.26. The SMILES string of the molecule is CCNC(C)C1CCCCN1S(=O)(=O)CCC(C)(C)C. The van der Waals surface area contributed by atoms with Crippen molar-refractivity contribution in [2.75, 3.05) is 18.8 Å². The molecule has 1 saturated heterocycles. The van der Waals surface area contributed by atoms with Crippen LogP contribution in [0.3, 0.4) is 0 Å². The molecule has 1 rings (SSSR count). The first-order chi connectivity index (χ1) is 9.17. The van der Waals surface area contributed by atoms with Crippen molar-refractivity contribution >= 4 is 10.0 Å². The molecule has 0 aromatic carbocycles. The Morgan fingerprint density at radius 3 is 2.50 bits per heavy atom. The molecule has 0 radical (unpaired) electrons. The van der Waals surface area contributed by atoms with Crippen LogP contribution in [0.1, 0.15) is 60.3 Å². The number of hydrogen-bond donors (Lipinski definition) is 1. The number of likely N-dealkylation sites (N-methyl/N-ethyl adjacent to an activating group) is 1. The summed E-state index contributed by atoms with van der Waals surface area (Å²) in [6.07, 6.45) is 3.81. The lowest BCUT2D eigenvalue weighted by atomic mass is 9.94. The summed E-state index contributed by atoms with van der Waals surface area (Å²) in [5.74, 6) is 0.270. The molecule has 1 fully saturated rings. The molecule has 2 atom stereocenters. The van der Waals surface area contributed by atoms with E-state index in [2.05, 4.69) is 39.9 Å². The number of piperidine rings is 1. The van der Waals surface area contributed by atoms with Crippen LogP contribution in [0.15, 0.2) is 0 Å². The maximum absolute atomic E-state index is 12.6. The highest BCUT2D eigenvalue weighted by Gasteiger charge is 2.35. The van der Waals surface area contributed by atoms with E-state index >= 15 is 0 Å². The maximum atomic E-state index is 12.6. The Hall–Kier alpha value is -0.130. The third-order valence-corrected chi connectivity index (χ3v) is 5.96. The van der Waals surface area contributed by atoms with Gasteiger partial charge in [-0.3, -0.25) is 0 Å². The molecule has 0 saturated carbocycles. The minimum absolute atomic E-state index is 0.0611. The van der Waals surface area contributed by atoms with E-state index in [-0.39, 0.29) is 23.3 Å². The number of hydrogen-bond acceptors (Lipinski definition) is 3. The van der Waals surface area contributed by atoms with Crippen LogP contribution in [0.5, 0.6) is 0 Å². The van der Waals surface area contributed by atoms with E-state index in [0.717, 1.165) is 25.8 Å². The van der Waals surface area contributed by atoms with Gasteiger partial charge >= 0.3 is 0 Å². The zero-order chi connectivity index (χ0) is 15.4.